The minimum absolute atomic E-state index is 0.624. The lowest BCUT2D eigenvalue weighted by molar-refractivity contribution is 0.0163. The van der Waals surface area contributed by atoms with Gasteiger partial charge in [-0.15, -0.1) is 0 Å². The van der Waals surface area contributed by atoms with Gasteiger partial charge in [0.2, 0.25) is 0 Å². The van der Waals surface area contributed by atoms with E-state index in [1.807, 2.05) is 0 Å². The normalized spacial score (nSPS) is 37.7. The van der Waals surface area contributed by atoms with Gasteiger partial charge in [0.15, 0.2) is 0 Å². The molecule has 2 heterocycles. The summed E-state index contributed by atoms with van der Waals surface area (Å²) in [6.45, 7) is 9.79. The minimum Gasteiger partial charge on any atom is -0.379 e. The summed E-state index contributed by atoms with van der Waals surface area (Å²) >= 11 is 0. The fraction of sp³-hybridized carbons (Fsp3) is 1.00. The van der Waals surface area contributed by atoms with Crippen molar-refractivity contribution in [1.29, 1.82) is 0 Å². The van der Waals surface area contributed by atoms with E-state index in [0.29, 0.717) is 6.04 Å². The van der Waals surface area contributed by atoms with Crippen LogP contribution in [0.1, 0.15) is 39.0 Å². The maximum absolute atomic E-state index is 6.18. The molecule has 0 spiro atoms. The van der Waals surface area contributed by atoms with Gasteiger partial charge in [-0.2, -0.15) is 0 Å². The highest BCUT2D eigenvalue weighted by molar-refractivity contribution is 4.92. The van der Waals surface area contributed by atoms with Gasteiger partial charge in [-0.05, 0) is 31.1 Å². The Labute approximate surface area is 130 Å². The maximum atomic E-state index is 6.18. The van der Waals surface area contributed by atoms with E-state index in [2.05, 4.69) is 16.7 Å². The molecule has 2 saturated heterocycles. The van der Waals surface area contributed by atoms with Crippen molar-refractivity contribution < 1.29 is 4.74 Å². The van der Waals surface area contributed by atoms with Crippen LogP contribution < -0.4 is 5.73 Å². The molecular formula is C17H33N3O. The van der Waals surface area contributed by atoms with E-state index >= 15 is 0 Å². The van der Waals surface area contributed by atoms with Crippen LogP contribution >= 0.6 is 0 Å². The number of likely N-dealkylation sites (tertiary alicyclic amines) is 1. The first-order valence-corrected chi connectivity index (χ1v) is 9.04. The molecule has 2 aliphatic heterocycles. The second kappa shape index (κ2) is 7.40. The number of nitrogens with zero attached hydrogens (tertiary/aromatic N) is 2. The molecule has 4 unspecified atom stereocenters. The molecule has 0 aromatic carbocycles. The predicted octanol–water partition coefficient (Wildman–Crippen LogP) is 1.55. The minimum atomic E-state index is 0.624. The van der Waals surface area contributed by atoms with Crippen molar-refractivity contribution in [2.24, 2.45) is 17.6 Å². The van der Waals surface area contributed by atoms with Crippen molar-refractivity contribution in [2.75, 3.05) is 45.9 Å². The molecule has 0 bridgehead atoms. The highest BCUT2D eigenvalue weighted by atomic mass is 16.5. The third kappa shape index (κ3) is 3.79. The van der Waals surface area contributed by atoms with Crippen LogP contribution in [0.4, 0.5) is 0 Å². The van der Waals surface area contributed by atoms with Gasteiger partial charge in [-0.25, -0.2) is 0 Å². The van der Waals surface area contributed by atoms with Gasteiger partial charge in [0.1, 0.15) is 0 Å². The van der Waals surface area contributed by atoms with Crippen molar-refractivity contribution in [1.82, 2.24) is 9.80 Å². The van der Waals surface area contributed by atoms with E-state index < -0.39 is 0 Å². The van der Waals surface area contributed by atoms with Crippen LogP contribution in [-0.2, 0) is 4.74 Å². The zero-order valence-corrected chi connectivity index (χ0v) is 13.7. The first-order valence-electron chi connectivity index (χ1n) is 9.04. The Morgan fingerprint density at radius 3 is 2.67 bits per heavy atom. The smallest absolute Gasteiger partial charge is 0.0594 e. The molecule has 1 saturated carbocycles. The first kappa shape index (κ1) is 15.7. The molecule has 4 heteroatoms. The summed E-state index contributed by atoms with van der Waals surface area (Å²) in [6, 6.07) is 1.36. The lowest BCUT2D eigenvalue weighted by Crippen LogP contribution is -2.49. The fourth-order valence-corrected chi connectivity index (χ4v) is 4.78. The van der Waals surface area contributed by atoms with Crippen LogP contribution in [0.5, 0.6) is 0 Å². The van der Waals surface area contributed by atoms with Gasteiger partial charge >= 0.3 is 0 Å². The van der Waals surface area contributed by atoms with E-state index in [-0.39, 0.29) is 0 Å². The van der Waals surface area contributed by atoms with Gasteiger partial charge in [0.25, 0.3) is 0 Å². The summed E-state index contributed by atoms with van der Waals surface area (Å²) in [5, 5.41) is 0. The Hall–Kier alpha value is -0.160. The molecule has 3 rings (SSSR count). The van der Waals surface area contributed by atoms with Crippen LogP contribution in [0, 0.1) is 11.8 Å². The van der Waals surface area contributed by atoms with Crippen molar-refractivity contribution in [3.05, 3.63) is 0 Å². The third-order valence-electron chi connectivity index (χ3n) is 5.99. The third-order valence-corrected chi connectivity index (χ3v) is 5.99. The Morgan fingerprint density at radius 1 is 1.14 bits per heavy atom. The zero-order chi connectivity index (χ0) is 14.7. The number of morpholine rings is 1. The molecule has 21 heavy (non-hydrogen) atoms. The van der Waals surface area contributed by atoms with Crippen molar-refractivity contribution in [3.63, 3.8) is 0 Å². The molecule has 122 valence electrons. The molecule has 1 aliphatic carbocycles. The van der Waals surface area contributed by atoms with Gasteiger partial charge in [0, 0.05) is 44.8 Å². The second-order valence-electron chi connectivity index (χ2n) is 7.42. The molecular weight excluding hydrogens is 262 g/mol. The molecule has 0 aromatic rings. The summed E-state index contributed by atoms with van der Waals surface area (Å²) in [5.41, 5.74) is 6.18. The standard InChI is InChI=1S/C17H33N3O/c1-14-3-2-4-15(11-14)17(12-18)20-6-5-16(13-20)19-7-9-21-10-8-19/h14-17H,2-13,18H2,1H3. The SMILES string of the molecule is CC1CCCC(C(CN)N2CCC(N3CCOCC3)C2)C1. The summed E-state index contributed by atoms with van der Waals surface area (Å²) in [7, 11) is 0. The van der Waals surface area contributed by atoms with Crippen molar-refractivity contribution in [3.8, 4) is 0 Å². The van der Waals surface area contributed by atoms with Gasteiger partial charge in [-0.1, -0.05) is 19.8 Å². The maximum Gasteiger partial charge on any atom is 0.0594 e. The van der Waals surface area contributed by atoms with E-state index in [1.165, 1.54) is 45.2 Å². The summed E-state index contributed by atoms with van der Waals surface area (Å²) in [4.78, 5) is 5.35. The van der Waals surface area contributed by atoms with Gasteiger partial charge in [-0.3, -0.25) is 9.80 Å². The summed E-state index contributed by atoms with van der Waals surface area (Å²) < 4.78 is 5.49. The molecule has 4 atom stereocenters. The van der Waals surface area contributed by atoms with Crippen LogP contribution in [0.25, 0.3) is 0 Å². The highest BCUT2D eigenvalue weighted by Gasteiger charge is 2.36. The molecule has 0 amide bonds. The number of hydrogen-bond acceptors (Lipinski definition) is 4. The Balaban J connectivity index is 1.55. The lowest BCUT2D eigenvalue weighted by atomic mass is 9.78. The van der Waals surface area contributed by atoms with Crippen LogP contribution in [0.3, 0.4) is 0 Å². The number of rotatable bonds is 4. The molecule has 4 nitrogen and oxygen atoms in total. The fourth-order valence-electron chi connectivity index (χ4n) is 4.78. The first-order chi connectivity index (χ1) is 10.3. The van der Waals surface area contributed by atoms with Gasteiger partial charge < -0.3 is 10.5 Å². The second-order valence-corrected chi connectivity index (χ2v) is 7.42. The average Bonchev–Trinajstić information content (AvgIpc) is 2.99. The van der Waals surface area contributed by atoms with Crippen LogP contribution in [0.15, 0.2) is 0 Å². The van der Waals surface area contributed by atoms with E-state index in [4.69, 9.17) is 10.5 Å². The monoisotopic (exact) mass is 295 g/mol. The van der Waals surface area contributed by atoms with E-state index in [0.717, 1.165) is 50.7 Å². The summed E-state index contributed by atoms with van der Waals surface area (Å²) in [5.74, 6) is 1.73. The lowest BCUT2D eigenvalue weighted by Gasteiger charge is -2.39. The predicted molar refractivity (Wildman–Crippen MR) is 86.3 cm³/mol. The van der Waals surface area contributed by atoms with Crippen molar-refractivity contribution in [2.45, 2.75) is 51.1 Å². The Kier molecular flexibility index (Phi) is 5.54. The van der Waals surface area contributed by atoms with E-state index in [9.17, 15) is 0 Å². The number of ether oxygens (including phenoxy) is 1. The Bertz CT molecular complexity index is 319. The Morgan fingerprint density at radius 2 is 1.95 bits per heavy atom. The number of nitrogens with two attached hydrogens (primary N) is 1. The van der Waals surface area contributed by atoms with E-state index in [1.54, 1.807) is 0 Å². The number of hydrogen-bond donors (Lipinski definition) is 1. The largest absolute Gasteiger partial charge is 0.379 e. The van der Waals surface area contributed by atoms with Crippen molar-refractivity contribution >= 4 is 0 Å². The molecule has 0 radical (unpaired) electrons. The molecule has 0 aromatic heterocycles. The quantitative estimate of drug-likeness (QED) is 0.854. The molecule has 2 N–H and O–H groups in total. The van der Waals surface area contributed by atoms with Crippen LogP contribution in [-0.4, -0.2) is 67.8 Å². The topological polar surface area (TPSA) is 41.7 Å². The average molecular weight is 295 g/mol. The van der Waals surface area contributed by atoms with Gasteiger partial charge in [0.05, 0.1) is 13.2 Å². The molecule has 3 fully saturated rings. The zero-order valence-electron chi connectivity index (χ0n) is 13.7. The summed E-state index contributed by atoms with van der Waals surface area (Å²) in [6.07, 6.45) is 6.93. The highest BCUT2D eigenvalue weighted by Crippen LogP contribution is 2.34. The van der Waals surface area contributed by atoms with Crippen LogP contribution in [0.2, 0.25) is 0 Å². The molecule has 3 aliphatic rings.